The zero-order valence-electron chi connectivity index (χ0n) is 16.8. The first kappa shape index (κ1) is 22.1. The van der Waals surface area contributed by atoms with E-state index >= 15 is 0 Å². The molecule has 1 heterocycles. The van der Waals surface area contributed by atoms with Crippen molar-refractivity contribution < 1.29 is 17.8 Å². The fourth-order valence-electron chi connectivity index (χ4n) is 4.14. The van der Waals surface area contributed by atoms with Gasteiger partial charge in [0, 0.05) is 40.2 Å². The van der Waals surface area contributed by atoms with Crippen LogP contribution in [0.5, 0.6) is 0 Å². The summed E-state index contributed by atoms with van der Waals surface area (Å²) in [6, 6.07) is 0.938. The van der Waals surface area contributed by atoms with Crippen LogP contribution in [0.2, 0.25) is 6.04 Å². The molecule has 0 atom stereocenters. The molecule has 4 nitrogen and oxygen atoms in total. The highest BCUT2D eigenvalue weighted by atomic mass is 28.4. The molecule has 1 aliphatic rings. The number of nitrogens with zero attached hydrogens (tertiary/aromatic N) is 1. The third kappa shape index (κ3) is 7.52. The van der Waals surface area contributed by atoms with Crippen LogP contribution < -0.4 is 0 Å². The topological polar surface area (TPSA) is 27.7 Å². The normalized spacial score (nSPS) is 17.5. The van der Waals surface area contributed by atoms with Gasteiger partial charge in [0.25, 0.3) is 0 Å². The molecule has 0 aliphatic carbocycles. The van der Waals surface area contributed by atoms with Gasteiger partial charge in [0.1, 0.15) is 0 Å². The average molecular weight is 361 g/mol. The van der Waals surface area contributed by atoms with Gasteiger partial charge in [-0.3, -0.25) is 0 Å². The van der Waals surface area contributed by atoms with Gasteiger partial charge in [0.15, 0.2) is 0 Å². The lowest BCUT2D eigenvalue weighted by Gasteiger charge is -2.35. The highest BCUT2D eigenvalue weighted by Gasteiger charge is 2.37. The number of rotatable bonds is 15. The highest BCUT2D eigenvalue weighted by Crippen LogP contribution is 2.24. The third-order valence-electron chi connectivity index (χ3n) is 5.80. The molecule has 0 N–H and O–H groups in total. The van der Waals surface area contributed by atoms with Crippen LogP contribution in [-0.2, 0) is 13.3 Å². The summed E-state index contributed by atoms with van der Waals surface area (Å²) in [7, 11) is 2.77. The first-order valence-corrected chi connectivity index (χ1v) is 12.1. The van der Waals surface area contributed by atoms with E-state index in [4.69, 9.17) is 13.3 Å². The fourth-order valence-corrected chi connectivity index (χ4v) is 5.93. The summed E-state index contributed by atoms with van der Waals surface area (Å²) in [4.78, 5) is 0. The Labute approximate surface area is 151 Å². The van der Waals surface area contributed by atoms with Gasteiger partial charge in [0.05, 0.1) is 26.2 Å². The Kier molecular flexibility index (Phi) is 11.4. The number of hydrogen-bond acceptors (Lipinski definition) is 3. The Balaban J connectivity index is 2.27. The molecule has 0 saturated carbocycles. The van der Waals surface area contributed by atoms with E-state index in [1.54, 1.807) is 21.3 Å². The van der Waals surface area contributed by atoms with Crippen molar-refractivity contribution in [2.24, 2.45) is 0 Å². The van der Waals surface area contributed by atoms with Crippen molar-refractivity contribution in [1.29, 1.82) is 0 Å². The maximum atomic E-state index is 5.53. The quantitative estimate of drug-likeness (QED) is 0.242. The monoisotopic (exact) mass is 360 g/mol. The van der Waals surface area contributed by atoms with Crippen molar-refractivity contribution in [2.45, 2.75) is 77.2 Å². The fraction of sp³-hybridized carbons (Fsp3) is 1.00. The van der Waals surface area contributed by atoms with Crippen LogP contribution in [0, 0.1) is 0 Å². The Morgan fingerprint density at radius 3 is 1.75 bits per heavy atom. The van der Waals surface area contributed by atoms with Crippen molar-refractivity contribution in [3.63, 3.8) is 0 Å². The maximum Gasteiger partial charge on any atom is 0.500 e. The molecule has 5 heteroatoms. The smallest absolute Gasteiger partial charge is 0.377 e. The summed E-state index contributed by atoms with van der Waals surface area (Å²) < 4.78 is 18.0. The molecular weight excluding hydrogens is 318 g/mol. The van der Waals surface area contributed by atoms with Crippen molar-refractivity contribution in [3.8, 4) is 0 Å². The highest BCUT2D eigenvalue weighted by molar-refractivity contribution is 6.60. The van der Waals surface area contributed by atoms with E-state index in [1.807, 2.05) is 0 Å². The second-order valence-corrected chi connectivity index (χ2v) is 10.6. The summed E-state index contributed by atoms with van der Waals surface area (Å²) in [6.07, 6.45) is 13.7. The van der Waals surface area contributed by atoms with Crippen molar-refractivity contribution >= 4 is 8.80 Å². The number of hydrogen-bond donors (Lipinski definition) is 0. The van der Waals surface area contributed by atoms with E-state index < -0.39 is 8.80 Å². The molecule has 1 fully saturated rings. The van der Waals surface area contributed by atoms with Gasteiger partial charge in [-0.1, -0.05) is 32.6 Å². The van der Waals surface area contributed by atoms with E-state index in [9.17, 15) is 0 Å². The summed E-state index contributed by atoms with van der Waals surface area (Å²) in [5.41, 5.74) is 0. The van der Waals surface area contributed by atoms with Gasteiger partial charge < -0.3 is 17.8 Å². The predicted molar refractivity (Wildman–Crippen MR) is 103 cm³/mol. The average Bonchev–Trinajstić information content (AvgIpc) is 3.08. The molecule has 24 heavy (non-hydrogen) atoms. The van der Waals surface area contributed by atoms with Crippen LogP contribution in [0.15, 0.2) is 0 Å². The summed E-state index contributed by atoms with van der Waals surface area (Å²) in [5.74, 6) is 0. The Bertz CT molecular complexity index is 297. The lowest BCUT2D eigenvalue weighted by Crippen LogP contribution is -2.47. The molecular formula is C19H42NO3Si+. The van der Waals surface area contributed by atoms with Gasteiger partial charge in [-0.25, -0.2) is 0 Å². The molecule has 0 spiro atoms. The van der Waals surface area contributed by atoms with Crippen LogP contribution >= 0.6 is 0 Å². The van der Waals surface area contributed by atoms with Crippen LogP contribution in [0.3, 0.4) is 0 Å². The summed E-state index contributed by atoms with van der Waals surface area (Å²) in [5, 5.41) is 0. The lowest BCUT2D eigenvalue weighted by molar-refractivity contribution is -0.917. The van der Waals surface area contributed by atoms with Gasteiger partial charge >= 0.3 is 8.80 Å². The van der Waals surface area contributed by atoms with Crippen LogP contribution in [0.4, 0.5) is 0 Å². The van der Waals surface area contributed by atoms with E-state index in [1.165, 1.54) is 88.4 Å². The molecule has 0 aromatic heterocycles. The van der Waals surface area contributed by atoms with Gasteiger partial charge in [-0.05, 0) is 25.7 Å². The zero-order valence-corrected chi connectivity index (χ0v) is 17.8. The molecule has 1 rings (SSSR count). The minimum Gasteiger partial charge on any atom is -0.377 e. The van der Waals surface area contributed by atoms with Crippen LogP contribution in [0.1, 0.15) is 71.1 Å². The largest absolute Gasteiger partial charge is 0.500 e. The second-order valence-electron chi connectivity index (χ2n) is 7.46. The third-order valence-corrected chi connectivity index (χ3v) is 8.63. The Hall–Kier alpha value is 0.0569. The molecule has 144 valence electrons. The van der Waals surface area contributed by atoms with Crippen molar-refractivity contribution in [2.75, 3.05) is 47.5 Å². The lowest BCUT2D eigenvalue weighted by atomic mass is 10.1. The first-order valence-electron chi connectivity index (χ1n) is 10.2. The number of quaternary nitrogens is 1. The minimum atomic E-state index is -2.37. The Morgan fingerprint density at radius 2 is 1.21 bits per heavy atom. The van der Waals surface area contributed by atoms with E-state index in [0.717, 1.165) is 12.5 Å². The molecule has 0 radical (unpaired) electrons. The zero-order chi connectivity index (χ0) is 17.7. The molecule has 0 amide bonds. The standard InChI is InChI=1S/C19H42NO3Si/c1-5-6-7-8-9-10-15-20(16-11-12-17-20)18-13-14-19-24(21-2,22-3)23-4/h5-19H2,1-4H3/q+1. The first-order chi connectivity index (χ1) is 11.7. The summed E-state index contributed by atoms with van der Waals surface area (Å²) >= 11 is 0. The molecule has 0 aromatic carbocycles. The second kappa shape index (κ2) is 12.4. The maximum absolute atomic E-state index is 5.53. The predicted octanol–water partition coefficient (Wildman–Crippen LogP) is 4.62. The van der Waals surface area contributed by atoms with Crippen molar-refractivity contribution in [3.05, 3.63) is 0 Å². The van der Waals surface area contributed by atoms with Crippen LogP contribution in [-0.4, -0.2) is 60.8 Å². The molecule has 0 unspecified atom stereocenters. The Morgan fingerprint density at radius 1 is 0.708 bits per heavy atom. The number of likely N-dealkylation sites (tertiary alicyclic amines) is 1. The molecule has 0 bridgehead atoms. The number of unbranched alkanes of at least 4 members (excludes halogenated alkanes) is 6. The van der Waals surface area contributed by atoms with E-state index in [2.05, 4.69) is 6.92 Å². The van der Waals surface area contributed by atoms with Gasteiger partial charge in [0.2, 0.25) is 0 Å². The van der Waals surface area contributed by atoms with Gasteiger partial charge in [-0.2, -0.15) is 0 Å². The van der Waals surface area contributed by atoms with Gasteiger partial charge in [-0.15, -0.1) is 0 Å². The summed E-state index contributed by atoms with van der Waals surface area (Å²) in [6.45, 7) is 7.82. The van der Waals surface area contributed by atoms with Crippen LogP contribution in [0.25, 0.3) is 0 Å². The van der Waals surface area contributed by atoms with E-state index in [0.29, 0.717) is 0 Å². The van der Waals surface area contributed by atoms with E-state index in [-0.39, 0.29) is 0 Å². The minimum absolute atomic E-state index is 0.938. The molecule has 1 saturated heterocycles. The molecule has 1 aliphatic heterocycles. The van der Waals surface area contributed by atoms with Crippen molar-refractivity contribution in [1.82, 2.24) is 0 Å². The molecule has 0 aromatic rings. The SMILES string of the molecule is CCCCCCCC[N+]1(CCCC[Si](OC)(OC)OC)CCCC1.